The Bertz CT molecular complexity index is 365. The van der Waals surface area contributed by atoms with Gasteiger partial charge in [-0.05, 0) is 35.9 Å². The largest absolute Gasteiger partial charge is 0.316 e. The number of aromatic nitrogens is 4. The molecule has 0 atom stereocenters. The molecule has 0 amide bonds. The minimum atomic E-state index is 0.359. The number of aryl methyl sites for hydroxylation is 1. The third kappa shape index (κ3) is 3.51. The van der Waals surface area contributed by atoms with Crippen molar-refractivity contribution in [2.24, 2.45) is 18.4 Å². The predicted octanol–water partition coefficient (Wildman–Crippen LogP) is 1.56. The van der Waals surface area contributed by atoms with Crippen molar-refractivity contribution in [3.05, 3.63) is 5.82 Å². The Labute approximate surface area is 109 Å². The Hall–Kier alpha value is -0.970. The Morgan fingerprint density at radius 3 is 2.61 bits per heavy atom. The van der Waals surface area contributed by atoms with Gasteiger partial charge in [-0.3, -0.25) is 0 Å². The first-order valence-corrected chi connectivity index (χ1v) is 7.03. The lowest BCUT2D eigenvalue weighted by atomic mass is 9.82. The molecule has 5 nitrogen and oxygen atoms in total. The van der Waals surface area contributed by atoms with Crippen molar-refractivity contribution >= 4 is 0 Å². The zero-order valence-corrected chi connectivity index (χ0v) is 11.8. The van der Waals surface area contributed by atoms with Crippen molar-refractivity contribution in [2.75, 3.05) is 13.1 Å². The summed E-state index contributed by atoms with van der Waals surface area (Å²) in [5.41, 5.74) is 0.359. The zero-order chi connectivity index (χ0) is 13.0. The van der Waals surface area contributed by atoms with Crippen LogP contribution in [-0.4, -0.2) is 33.3 Å². The Balaban J connectivity index is 1.93. The zero-order valence-electron chi connectivity index (χ0n) is 11.8. The molecule has 0 spiro atoms. The summed E-state index contributed by atoms with van der Waals surface area (Å²) < 4.78 is 0. The number of nitrogens with one attached hydrogen (secondary N) is 1. The van der Waals surface area contributed by atoms with Gasteiger partial charge in [0.15, 0.2) is 5.82 Å². The quantitative estimate of drug-likeness (QED) is 0.833. The summed E-state index contributed by atoms with van der Waals surface area (Å²) >= 11 is 0. The van der Waals surface area contributed by atoms with E-state index in [0.717, 1.165) is 25.3 Å². The van der Waals surface area contributed by atoms with Crippen LogP contribution in [0.25, 0.3) is 0 Å². The van der Waals surface area contributed by atoms with Gasteiger partial charge in [-0.15, -0.1) is 10.2 Å². The molecule has 0 unspecified atom stereocenters. The van der Waals surface area contributed by atoms with Gasteiger partial charge >= 0.3 is 0 Å². The van der Waals surface area contributed by atoms with Crippen molar-refractivity contribution in [1.82, 2.24) is 25.5 Å². The second kappa shape index (κ2) is 5.78. The number of rotatable bonds is 6. The van der Waals surface area contributed by atoms with E-state index in [0.29, 0.717) is 11.3 Å². The number of hydrogen-bond acceptors (Lipinski definition) is 4. The number of nitrogens with zero attached hydrogens (tertiary/aromatic N) is 4. The lowest BCUT2D eigenvalue weighted by Crippen LogP contribution is -2.36. The molecule has 0 bridgehead atoms. The minimum Gasteiger partial charge on any atom is -0.316 e. The molecule has 0 aliphatic heterocycles. The molecule has 0 radical (unpaired) electrons. The topological polar surface area (TPSA) is 55.6 Å². The maximum absolute atomic E-state index is 4.33. The van der Waals surface area contributed by atoms with Gasteiger partial charge in [0.05, 0.1) is 7.05 Å². The molecule has 0 saturated heterocycles. The molecule has 1 aliphatic rings. The van der Waals surface area contributed by atoms with Crippen LogP contribution in [0.1, 0.15) is 45.4 Å². The second-order valence-corrected chi connectivity index (χ2v) is 6.10. The van der Waals surface area contributed by atoms with Gasteiger partial charge in [0.2, 0.25) is 0 Å². The summed E-state index contributed by atoms with van der Waals surface area (Å²) in [5, 5.41) is 16.0. The van der Waals surface area contributed by atoms with Crippen LogP contribution in [0.2, 0.25) is 0 Å². The summed E-state index contributed by atoms with van der Waals surface area (Å²) in [6, 6.07) is 0. The van der Waals surface area contributed by atoms with Gasteiger partial charge in [-0.1, -0.05) is 26.7 Å². The maximum Gasteiger partial charge on any atom is 0.175 e. The van der Waals surface area contributed by atoms with Crippen molar-refractivity contribution < 1.29 is 0 Å². The molecule has 1 aromatic rings. The van der Waals surface area contributed by atoms with Crippen molar-refractivity contribution in [3.8, 4) is 0 Å². The van der Waals surface area contributed by atoms with Gasteiger partial charge in [0, 0.05) is 13.0 Å². The fourth-order valence-corrected chi connectivity index (χ4v) is 2.90. The highest BCUT2D eigenvalue weighted by Crippen LogP contribution is 2.39. The molecule has 1 heterocycles. The maximum atomic E-state index is 4.33. The average molecular weight is 251 g/mol. The predicted molar refractivity (Wildman–Crippen MR) is 71.1 cm³/mol. The van der Waals surface area contributed by atoms with Crippen LogP contribution in [0.4, 0.5) is 0 Å². The van der Waals surface area contributed by atoms with Crippen molar-refractivity contribution in [3.63, 3.8) is 0 Å². The highest BCUT2D eigenvalue weighted by Gasteiger charge is 2.35. The normalized spacial score (nSPS) is 18.7. The third-order valence-electron chi connectivity index (χ3n) is 3.80. The highest BCUT2D eigenvalue weighted by molar-refractivity contribution is 4.95. The van der Waals surface area contributed by atoms with Crippen LogP contribution in [0.3, 0.4) is 0 Å². The fraction of sp³-hybridized carbons (Fsp3) is 0.923. The fourth-order valence-electron chi connectivity index (χ4n) is 2.90. The smallest absolute Gasteiger partial charge is 0.175 e. The van der Waals surface area contributed by atoms with E-state index in [1.807, 2.05) is 7.05 Å². The van der Waals surface area contributed by atoms with E-state index in [9.17, 15) is 0 Å². The molecule has 2 rings (SSSR count). The standard InChI is InChI=1S/C13H25N5/c1-11(2)9-14-10-13(6-4-5-7-13)8-12-15-17-18(3)16-12/h11,14H,4-10H2,1-3H3. The molecule has 18 heavy (non-hydrogen) atoms. The van der Waals surface area contributed by atoms with E-state index in [2.05, 4.69) is 34.6 Å². The highest BCUT2D eigenvalue weighted by atomic mass is 15.6. The molecule has 102 valence electrons. The molecule has 1 aliphatic carbocycles. The van der Waals surface area contributed by atoms with Gasteiger partial charge in [0.1, 0.15) is 0 Å². The molecule has 1 N–H and O–H groups in total. The average Bonchev–Trinajstić information content (AvgIpc) is 2.89. The van der Waals surface area contributed by atoms with Gasteiger partial charge in [-0.25, -0.2) is 0 Å². The van der Waals surface area contributed by atoms with E-state index in [1.54, 1.807) is 4.80 Å². The summed E-state index contributed by atoms with van der Waals surface area (Å²) in [4.78, 5) is 1.56. The van der Waals surface area contributed by atoms with Gasteiger partial charge in [-0.2, -0.15) is 4.80 Å². The Morgan fingerprint density at radius 2 is 2.06 bits per heavy atom. The number of hydrogen-bond donors (Lipinski definition) is 1. The van der Waals surface area contributed by atoms with E-state index in [1.165, 1.54) is 25.7 Å². The molecule has 5 heteroatoms. The van der Waals surface area contributed by atoms with Crippen LogP contribution >= 0.6 is 0 Å². The molecule has 0 aromatic carbocycles. The van der Waals surface area contributed by atoms with Crippen molar-refractivity contribution in [2.45, 2.75) is 46.0 Å². The molecular formula is C13H25N5. The summed E-state index contributed by atoms with van der Waals surface area (Å²) in [7, 11) is 1.83. The minimum absolute atomic E-state index is 0.359. The lowest BCUT2D eigenvalue weighted by molar-refractivity contribution is 0.267. The first-order valence-electron chi connectivity index (χ1n) is 7.03. The van der Waals surface area contributed by atoms with Crippen molar-refractivity contribution in [1.29, 1.82) is 0 Å². The van der Waals surface area contributed by atoms with E-state index in [4.69, 9.17) is 0 Å². The Kier molecular flexibility index (Phi) is 4.32. The Morgan fingerprint density at radius 1 is 1.33 bits per heavy atom. The third-order valence-corrected chi connectivity index (χ3v) is 3.80. The summed E-state index contributed by atoms with van der Waals surface area (Å²) in [6.07, 6.45) is 6.21. The first kappa shape index (κ1) is 13.5. The van der Waals surface area contributed by atoms with Crippen LogP contribution in [0.15, 0.2) is 0 Å². The van der Waals surface area contributed by atoms with Crippen LogP contribution in [-0.2, 0) is 13.5 Å². The second-order valence-electron chi connectivity index (χ2n) is 6.10. The summed E-state index contributed by atoms with van der Waals surface area (Å²) in [5.74, 6) is 1.60. The van der Waals surface area contributed by atoms with E-state index in [-0.39, 0.29) is 0 Å². The van der Waals surface area contributed by atoms with Crippen LogP contribution < -0.4 is 5.32 Å². The van der Waals surface area contributed by atoms with E-state index >= 15 is 0 Å². The first-order chi connectivity index (χ1) is 8.60. The molecular weight excluding hydrogens is 226 g/mol. The lowest BCUT2D eigenvalue weighted by Gasteiger charge is -2.28. The van der Waals surface area contributed by atoms with Crippen LogP contribution in [0.5, 0.6) is 0 Å². The number of tetrazole rings is 1. The van der Waals surface area contributed by atoms with Crippen LogP contribution in [0, 0.1) is 11.3 Å². The van der Waals surface area contributed by atoms with E-state index < -0.39 is 0 Å². The summed E-state index contributed by atoms with van der Waals surface area (Å²) in [6.45, 7) is 6.68. The van der Waals surface area contributed by atoms with Gasteiger partial charge < -0.3 is 5.32 Å². The SMILES string of the molecule is CC(C)CNCC1(Cc2nnn(C)n2)CCCC1. The monoisotopic (exact) mass is 251 g/mol. The van der Waals surface area contributed by atoms with Gasteiger partial charge in [0.25, 0.3) is 0 Å². The molecule has 1 aromatic heterocycles. The molecule has 1 saturated carbocycles. The molecule has 1 fully saturated rings.